The molecule has 0 radical (unpaired) electrons. The Morgan fingerprint density at radius 1 is 1.04 bits per heavy atom. The second-order valence-corrected chi connectivity index (χ2v) is 7.73. The van der Waals surface area contributed by atoms with Gasteiger partial charge in [0, 0.05) is 12.1 Å². The zero-order valence-corrected chi connectivity index (χ0v) is 16.5. The molecular formula is C24H28F2N2. The van der Waals surface area contributed by atoms with E-state index >= 15 is 0 Å². The highest BCUT2D eigenvalue weighted by Crippen LogP contribution is 2.51. The summed E-state index contributed by atoms with van der Waals surface area (Å²) in [6.45, 7) is 4.82. The van der Waals surface area contributed by atoms with Crippen LogP contribution in [0.5, 0.6) is 0 Å². The van der Waals surface area contributed by atoms with Crippen molar-refractivity contribution in [3.05, 3.63) is 71.3 Å². The van der Waals surface area contributed by atoms with Gasteiger partial charge in [-0.3, -0.25) is 0 Å². The standard InChI is InChI=1S/C24H28F2N2/c1-2-28(17-14-19-8-4-3-5-9-19)16-7-15-24(18-27,20-12-13-20)23-21(25)10-6-11-22(23)26/h3-6,8-11,20H,2,7,12-17H2,1H3. The van der Waals surface area contributed by atoms with Crippen molar-refractivity contribution in [1.29, 1.82) is 5.26 Å². The van der Waals surface area contributed by atoms with Crippen LogP contribution in [0.15, 0.2) is 48.5 Å². The molecule has 2 aromatic carbocycles. The molecule has 4 heteroatoms. The number of benzene rings is 2. The van der Waals surface area contributed by atoms with Gasteiger partial charge >= 0.3 is 0 Å². The van der Waals surface area contributed by atoms with Crippen LogP contribution in [0.4, 0.5) is 8.78 Å². The number of halogens is 2. The molecule has 0 spiro atoms. The molecule has 2 aromatic rings. The van der Waals surface area contributed by atoms with Crippen molar-refractivity contribution < 1.29 is 8.78 Å². The number of nitrogens with zero attached hydrogens (tertiary/aromatic N) is 2. The molecule has 1 unspecified atom stereocenters. The predicted octanol–water partition coefficient (Wildman–Crippen LogP) is 5.48. The molecule has 2 nitrogen and oxygen atoms in total. The molecule has 1 atom stereocenters. The van der Waals surface area contributed by atoms with Crippen LogP contribution in [0.1, 0.15) is 43.7 Å². The van der Waals surface area contributed by atoms with E-state index in [2.05, 4.69) is 30.0 Å². The molecule has 1 saturated carbocycles. The van der Waals surface area contributed by atoms with E-state index in [-0.39, 0.29) is 11.5 Å². The summed E-state index contributed by atoms with van der Waals surface area (Å²) in [5.74, 6) is -1.13. The maximum atomic E-state index is 14.5. The third-order valence-electron chi connectivity index (χ3n) is 5.93. The number of rotatable bonds is 10. The molecule has 0 aromatic heterocycles. The van der Waals surface area contributed by atoms with Crippen molar-refractivity contribution in [1.82, 2.24) is 4.90 Å². The first kappa shape index (κ1) is 20.5. The van der Waals surface area contributed by atoms with E-state index in [0.29, 0.717) is 6.42 Å². The van der Waals surface area contributed by atoms with E-state index in [1.807, 2.05) is 18.2 Å². The minimum absolute atomic E-state index is 0.0210. The summed E-state index contributed by atoms with van der Waals surface area (Å²) in [6.07, 6.45) is 3.95. The Kier molecular flexibility index (Phi) is 6.80. The van der Waals surface area contributed by atoms with Crippen LogP contribution < -0.4 is 0 Å². The van der Waals surface area contributed by atoms with Gasteiger partial charge in [-0.1, -0.05) is 43.3 Å². The monoisotopic (exact) mass is 382 g/mol. The molecule has 0 amide bonds. The van der Waals surface area contributed by atoms with Gasteiger partial charge in [0.2, 0.25) is 0 Å². The summed E-state index contributed by atoms with van der Waals surface area (Å²) in [5, 5.41) is 9.97. The molecule has 1 aliphatic carbocycles. The highest BCUT2D eigenvalue weighted by Gasteiger charge is 2.49. The minimum Gasteiger partial charge on any atom is -0.303 e. The van der Waals surface area contributed by atoms with Crippen LogP contribution >= 0.6 is 0 Å². The van der Waals surface area contributed by atoms with E-state index in [1.165, 1.54) is 23.8 Å². The third kappa shape index (κ3) is 4.59. The van der Waals surface area contributed by atoms with Gasteiger partial charge in [-0.2, -0.15) is 5.26 Å². The van der Waals surface area contributed by atoms with E-state index in [9.17, 15) is 14.0 Å². The van der Waals surface area contributed by atoms with Gasteiger partial charge < -0.3 is 4.90 Å². The van der Waals surface area contributed by atoms with Crippen LogP contribution in [0.2, 0.25) is 0 Å². The van der Waals surface area contributed by atoms with Crippen LogP contribution in [-0.4, -0.2) is 24.5 Å². The lowest BCUT2D eigenvalue weighted by atomic mass is 9.73. The van der Waals surface area contributed by atoms with Crippen molar-refractivity contribution >= 4 is 0 Å². The van der Waals surface area contributed by atoms with E-state index in [0.717, 1.165) is 45.3 Å². The highest BCUT2D eigenvalue weighted by molar-refractivity contribution is 5.37. The number of likely N-dealkylation sites (N-methyl/N-ethyl adjacent to an activating group) is 1. The molecule has 0 bridgehead atoms. The molecule has 0 heterocycles. The molecule has 0 aliphatic heterocycles. The maximum Gasteiger partial charge on any atom is 0.130 e. The Hall–Kier alpha value is -2.25. The summed E-state index contributed by atoms with van der Waals surface area (Å²) < 4.78 is 29.0. The summed E-state index contributed by atoms with van der Waals surface area (Å²) in [4.78, 5) is 2.35. The average Bonchev–Trinajstić information content (AvgIpc) is 3.55. The number of hydrogen-bond donors (Lipinski definition) is 0. The summed E-state index contributed by atoms with van der Waals surface area (Å²) >= 11 is 0. The summed E-state index contributed by atoms with van der Waals surface area (Å²) in [5.41, 5.74) is 0.236. The molecule has 0 N–H and O–H groups in total. The van der Waals surface area contributed by atoms with Crippen molar-refractivity contribution in [3.8, 4) is 6.07 Å². The van der Waals surface area contributed by atoms with Crippen molar-refractivity contribution in [2.45, 2.75) is 44.4 Å². The lowest BCUT2D eigenvalue weighted by molar-refractivity contribution is 0.269. The van der Waals surface area contributed by atoms with Gasteiger partial charge in [-0.15, -0.1) is 0 Å². The number of nitriles is 1. The molecule has 0 saturated heterocycles. The third-order valence-corrected chi connectivity index (χ3v) is 5.93. The maximum absolute atomic E-state index is 14.5. The fourth-order valence-corrected chi connectivity index (χ4v) is 4.18. The lowest BCUT2D eigenvalue weighted by Gasteiger charge is -2.29. The van der Waals surface area contributed by atoms with Gasteiger partial charge in [0.15, 0.2) is 0 Å². The number of hydrogen-bond acceptors (Lipinski definition) is 2. The first-order valence-corrected chi connectivity index (χ1v) is 10.2. The predicted molar refractivity (Wildman–Crippen MR) is 108 cm³/mol. The van der Waals surface area contributed by atoms with Gasteiger partial charge in [0.05, 0.1) is 11.5 Å². The molecule has 1 fully saturated rings. The Balaban J connectivity index is 1.65. The molecule has 148 valence electrons. The van der Waals surface area contributed by atoms with Gasteiger partial charge in [0.25, 0.3) is 0 Å². The van der Waals surface area contributed by atoms with E-state index < -0.39 is 17.0 Å². The van der Waals surface area contributed by atoms with Crippen LogP contribution in [-0.2, 0) is 11.8 Å². The minimum atomic E-state index is -1.05. The van der Waals surface area contributed by atoms with Gasteiger partial charge in [-0.25, -0.2) is 8.78 Å². The quantitative estimate of drug-likeness (QED) is 0.544. The molecular weight excluding hydrogens is 354 g/mol. The van der Waals surface area contributed by atoms with E-state index in [1.54, 1.807) is 0 Å². The van der Waals surface area contributed by atoms with Crippen LogP contribution in [0, 0.1) is 28.9 Å². The molecule has 3 rings (SSSR count). The lowest BCUT2D eigenvalue weighted by Crippen LogP contribution is -2.33. The topological polar surface area (TPSA) is 27.0 Å². The Bertz CT molecular complexity index is 791. The Morgan fingerprint density at radius 3 is 2.29 bits per heavy atom. The first-order valence-electron chi connectivity index (χ1n) is 10.2. The van der Waals surface area contributed by atoms with Crippen molar-refractivity contribution in [2.24, 2.45) is 5.92 Å². The SMILES string of the molecule is CCN(CCCC(C#N)(c1c(F)cccc1F)C1CC1)CCc1ccccc1. The Morgan fingerprint density at radius 2 is 1.71 bits per heavy atom. The second kappa shape index (κ2) is 9.30. The fraction of sp³-hybridized carbons (Fsp3) is 0.458. The Labute approximate surface area is 166 Å². The zero-order chi connectivity index (χ0) is 20.0. The average molecular weight is 382 g/mol. The van der Waals surface area contributed by atoms with Crippen LogP contribution in [0.3, 0.4) is 0 Å². The van der Waals surface area contributed by atoms with Gasteiger partial charge in [0.1, 0.15) is 11.6 Å². The fourth-order valence-electron chi connectivity index (χ4n) is 4.18. The summed E-state index contributed by atoms with van der Waals surface area (Å²) in [7, 11) is 0. The highest BCUT2D eigenvalue weighted by atomic mass is 19.1. The molecule has 28 heavy (non-hydrogen) atoms. The van der Waals surface area contributed by atoms with Crippen molar-refractivity contribution in [2.75, 3.05) is 19.6 Å². The van der Waals surface area contributed by atoms with Crippen molar-refractivity contribution in [3.63, 3.8) is 0 Å². The van der Waals surface area contributed by atoms with E-state index in [4.69, 9.17) is 0 Å². The zero-order valence-electron chi connectivity index (χ0n) is 16.5. The largest absolute Gasteiger partial charge is 0.303 e. The normalized spacial score (nSPS) is 16.0. The van der Waals surface area contributed by atoms with Crippen LogP contribution in [0.25, 0.3) is 0 Å². The second-order valence-electron chi connectivity index (χ2n) is 7.73. The van der Waals surface area contributed by atoms with Gasteiger partial charge in [-0.05, 0) is 68.8 Å². The first-order chi connectivity index (χ1) is 13.6. The summed E-state index contributed by atoms with van der Waals surface area (Å²) in [6, 6.07) is 16.6. The smallest absolute Gasteiger partial charge is 0.130 e. The molecule has 1 aliphatic rings.